The third-order valence-corrected chi connectivity index (χ3v) is 8.23. The molecule has 0 spiro atoms. The Morgan fingerprint density at radius 1 is 1.12 bits per heavy atom. The monoisotopic (exact) mass is 487 g/mol. The number of ether oxygens (including phenoxy) is 1. The minimum absolute atomic E-state index is 0.103. The Balaban J connectivity index is 1.77. The molecule has 9 heteroatoms. The Morgan fingerprint density at radius 2 is 1.72 bits per heavy atom. The molecule has 1 fully saturated rings. The molecule has 0 aliphatic heterocycles. The molecule has 176 valence electrons. The number of alkyl halides is 3. The Labute approximate surface area is 192 Å². The van der Waals surface area contributed by atoms with E-state index in [1.165, 1.54) is 18.2 Å². The summed E-state index contributed by atoms with van der Waals surface area (Å²) >= 11 is 1.50. The number of aryl methyl sites for hydroxylation is 2. The molecule has 1 aliphatic rings. The number of hydrogen-bond acceptors (Lipinski definition) is 4. The number of nitrogens with one attached hydrogen (secondary N) is 1. The molecule has 0 heterocycles. The summed E-state index contributed by atoms with van der Waals surface area (Å²) in [5, 5.41) is 0. The molecular formula is C23H28F3NO3S2. The lowest BCUT2D eigenvalue weighted by atomic mass is 9.80. The molecule has 0 saturated heterocycles. The van der Waals surface area contributed by atoms with Gasteiger partial charge < -0.3 is 4.74 Å². The van der Waals surface area contributed by atoms with Crippen LogP contribution in [0.5, 0.6) is 5.75 Å². The highest BCUT2D eigenvalue weighted by Crippen LogP contribution is 2.32. The normalized spacial score (nSPS) is 15.9. The Hall–Kier alpha value is -1.71. The molecule has 0 amide bonds. The van der Waals surface area contributed by atoms with E-state index >= 15 is 0 Å². The van der Waals surface area contributed by atoms with Crippen LogP contribution < -0.4 is 9.46 Å². The average Bonchev–Trinajstić information content (AvgIpc) is 2.66. The van der Waals surface area contributed by atoms with Gasteiger partial charge in [-0.05, 0) is 73.4 Å². The second-order valence-electron chi connectivity index (χ2n) is 8.26. The van der Waals surface area contributed by atoms with Crippen LogP contribution in [0.25, 0.3) is 0 Å². The van der Waals surface area contributed by atoms with E-state index in [1.807, 2.05) is 11.0 Å². The minimum atomic E-state index is -4.81. The van der Waals surface area contributed by atoms with Crippen LogP contribution >= 0.6 is 11.8 Å². The summed E-state index contributed by atoms with van der Waals surface area (Å²) in [6.45, 7) is 2.38. The van der Waals surface area contributed by atoms with Crippen molar-refractivity contribution in [1.82, 2.24) is 4.72 Å². The number of sulfonamides is 1. The minimum Gasteiger partial charge on any atom is -0.492 e. The van der Waals surface area contributed by atoms with Gasteiger partial charge in [-0.15, -0.1) is 11.8 Å². The van der Waals surface area contributed by atoms with Crippen molar-refractivity contribution in [3.8, 4) is 5.75 Å². The zero-order chi connectivity index (χ0) is 23.5. The fraction of sp³-hybridized carbons (Fsp3) is 0.478. The third-order valence-electron chi connectivity index (χ3n) is 5.71. The Morgan fingerprint density at radius 3 is 2.19 bits per heavy atom. The van der Waals surface area contributed by atoms with Crippen molar-refractivity contribution >= 4 is 21.8 Å². The van der Waals surface area contributed by atoms with Gasteiger partial charge >= 0.3 is 6.18 Å². The van der Waals surface area contributed by atoms with Gasteiger partial charge in [-0.2, -0.15) is 17.9 Å². The smallest absolute Gasteiger partial charge is 0.408 e. The summed E-state index contributed by atoms with van der Waals surface area (Å²) in [5.41, 5.74) is 1.91. The van der Waals surface area contributed by atoms with Gasteiger partial charge in [-0.25, -0.2) is 8.42 Å². The van der Waals surface area contributed by atoms with Crippen LogP contribution in [0.2, 0.25) is 0 Å². The summed E-state index contributed by atoms with van der Waals surface area (Å²) in [6, 6.07) is 7.74. The van der Waals surface area contributed by atoms with E-state index in [0.29, 0.717) is 17.0 Å². The zero-order valence-corrected chi connectivity index (χ0v) is 20.0. The Kier molecular flexibility index (Phi) is 7.83. The van der Waals surface area contributed by atoms with E-state index in [9.17, 15) is 21.6 Å². The quantitative estimate of drug-likeness (QED) is 0.464. The summed E-state index contributed by atoms with van der Waals surface area (Å²) in [6.07, 6.45) is 1.47. The van der Waals surface area contributed by atoms with Crippen LogP contribution in [-0.2, 0) is 16.4 Å². The van der Waals surface area contributed by atoms with Gasteiger partial charge in [0, 0.05) is 4.90 Å². The summed E-state index contributed by atoms with van der Waals surface area (Å²) < 4.78 is 73.9. The summed E-state index contributed by atoms with van der Waals surface area (Å²) in [7, 11) is -4.41. The molecule has 3 rings (SSSR count). The third kappa shape index (κ3) is 6.20. The topological polar surface area (TPSA) is 55.4 Å². The first-order valence-corrected chi connectivity index (χ1v) is 13.2. The van der Waals surface area contributed by atoms with Crippen molar-refractivity contribution in [2.24, 2.45) is 5.92 Å². The molecule has 1 unspecified atom stereocenters. The van der Waals surface area contributed by atoms with Gasteiger partial charge in [-0.3, -0.25) is 0 Å². The molecule has 1 atom stereocenters. The molecular weight excluding hydrogens is 459 g/mol. The van der Waals surface area contributed by atoms with Crippen molar-refractivity contribution < 1.29 is 26.3 Å². The zero-order valence-electron chi connectivity index (χ0n) is 18.3. The fourth-order valence-electron chi connectivity index (χ4n) is 3.90. The van der Waals surface area contributed by atoms with Crippen molar-refractivity contribution in [3.63, 3.8) is 0 Å². The largest absolute Gasteiger partial charge is 0.492 e. The van der Waals surface area contributed by atoms with E-state index in [-0.39, 0.29) is 10.6 Å². The van der Waals surface area contributed by atoms with Crippen LogP contribution in [-0.4, -0.2) is 33.5 Å². The molecule has 1 N–H and O–H groups in total. The Bertz CT molecular complexity index is 1010. The fourth-order valence-corrected chi connectivity index (χ4v) is 5.97. The summed E-state index contributed by atoms with van der Waals surface area (Å²) in [4.78, 5) is 0.838. The second kappa shape index (κ2) is 10.1. The average molecular weight is 488 g/mol. The maximum Gasteiger partial charge on any atom is 0.408 e. The van der Waals surface area contributed by atoms with E-state index in [1.54, 1.807) is 50.2 Å². The van der Waals surface area contributed by atoms with Gasteiger partial charge in [0.15, 0.2) is 6.04 Å². The van der Waals surface area contributed by atoms with Crippen molar-refractivity contribution in [2.45, 2.75) is 61.5 Å². The highest BCUT2D eigenvalue weighted by atomic mass is 32.2. The van der Waals surface area contributed by atoms with E-state index in [2.05, 4.69) is 0 Å². The molecule has 4 nitrogen and oxygen atoms in total. The lowest BCUT2D eigenvalue weighted by Crippen LogP contribution is -2.49. The number of hydrogen-bond donors (Lipinski definition) is 1. The van der Waals surface area contributed by atoms with Crippen molar-refractivity contribution in [2.75, 3.05) is 12.9 Å². The van der Waals surface area contributed by atoms with Crippen LogP contribution in [0.1, 0.15) is 36.0 Å². The molecule has 32 heavy (non-hydrogen) atoms. The van der Waals surface area contributed by atoms with Crippen molar-refractivity contribution in [3.05, 3.63) is 53.1 Å². The van der Waals surface area contributed by atoms with Gasteiger partial charge in [0.1, 0.15) is 12.4 Å². The van der Waals surface area contributed by atoms with E-state index < -0.39 is 28.8 Å². The van der Waals surface area contributed by atoms with E-state index in [0.717, 1.165) is 29.7 Å². The second-order valence-corrected chi connectivity index (χ2v) is 10.8. The molecule has 0 aromatic heterocycles. The molecule has 1 saturated carbocycles. The van der Waals surface area contributed by atoms with Gasteiger partial charge in [0.05, 0.1) is 4.90 Å². The van der Waals surface area contributed by atoms with Crippen LogP contribution in [0.15, 0.2) is 46.2 Å². The lowest BCUT2D eigenvalue weighted by molar-refractivity contribution is -0.157. The van der Waals surface area contributed by atoms with Gasteiger partial charge in [-0.1, -0.05) is 31.4 Å². The number of benzene rings is 2. The predicted molar refractivity (Wildman–Crippen MR) is 121 cm³/mol. The summed E-state index contributed by atoms with van der Waals surface area (Å²) in [5.74, 6) is 0.843. The first-order valence-electron chi connectivity index (χ1n) is 10.5. The highest BCUT2D eigenvalue weighted by molar-refractivity contribution is 7.98. The van der Waals surface area contributed by atoms with Gasteiger partial charge in [0.2, 0.25) is 10.0 Å². The molecule has 0 bridgehead atoms. The molecule has 2 aromatic carbocycles. The lowest BCUT2D eigenvalue weighted by Gasteiger charge is -2.26. The molecule has 1 aliphatic carbocycles. The van der Waals surface area contributed by atoms with Crippen LogP contribution in [0, 0.1) is 19.8 Å². The predicted octanol–water partition coefficient (Wildman–Crippen LogP) is 5.66. The van der Waals surface area contributed by atoms with E-state index in [4.69, 9.17) is 4.74 Å². The van der Waals surface area contributed by atoms with Crippen LogP contribution in [0.4, 0.5) is 13.2 Å². The standard InChI is InChI=1S/C23H28F3NO3S2/c1-15-11-18(13-17-5-4-6-17)12-16(2)22(15)32(28,29)27-21(23(24,25)26)14-30-19-7-9-20(31-3)10-8-19/h7-12,17,21,27H,4-6,13-14H2,1-3H3. The number of rotatable bonds is 9. The maximum absolute atomic E-state index is 13.6. The van der Waals surface area contributed by atoms with Crippen LogP contribution in [0.3, 0.4) is 0 Å². The maximum atomic E-state index is 13.6. The molecule has 0 radical (unpaired) electrons. The SMILES string of the molecule is CSc1ccc(OCC(NS(=O)(=O)c2c(C)cc(CC3CCC3)cc2C)C(F)(F)F)cc1. The number of thioether (sulfide) groups is 1. The van der Waals surface area contributed by atoms with Crippen molar-refractivity contribution in [1.29, 1.82) is 0 Å². The highest BCUT2D eigenvalue weighted by Gasteiger charge is 2.43. The molecule has 2 aromatic rings. The first-order chi connectivity index (χ1) is 15.0. The van der Waals surface area contributed by atoms with Gasteiger partial charge in [0.25, 0.3) is 0 Å². The first kappa shape index (κ1) is 24.9. The number of halogens is 3.